The third kappa shape index (κ3) is 16.3. The van der Waals surface area contributed by atoms with Crippen LogP contribution in [0.4, 0.5) is 0 Å². The van der Waals surface area contributed by atoms with E-state index in [1.54, 1.807) is 0 Å². The van der Waals surface area contributed by atoms with Crippen LogP contribution in [0.1, 0.15) is 103 Å². The Bertz CT molecular complexity index is 272. The summed E-state index contributed by atoms with van der Waals surface area (Å²) in [6, 6.07) is -0.393. The van der Waals surface area contributed by atoms with E-state index in [9.17, 15) is 4.79 Å². The molecule has 1 unspecified atom stereocenters. The second-order valence-corrected chi connectivity index (χ2v) is 7.07. The van der Waals surface area contributed by atoms with Crippen LogP contribution in [0.2, 0.25) is 0 Å². The summed E-state index contributed by atoms with van der Waals surface area (Å²) in [5, 5.41) is 2.93. The fraction of sp³-hybridized carbons (Fsp3) is 0.950. The summed E-state index contributed by atoms with van der Waals surface area (Å²) in [4.78, 5) is 11.7. The summed E-state index contributed by atoms with van der Waals surface area (Å²) in [5.41, 5.74) is 11.2. The Kier molecular flexibility index (Phi) is 18.2. The number of carbonyl (C=O) groups is 1. The van der Waals surface area contributed by atoms with Crippen LogP contribution in [-0.2, 0) is 4.79 Å². The molecule has 0 fully saturated rings. The van der Waals surface area contributed by atoms with Crippen molar-refractivity contribution in [3.8, 4) is 0 Å². The van der Waals surface area contributed by atoms with Crippen molar-refractivity contribution in [2.75, 3.05) is 13.1 Å². The number of carbonyl (C=O) groups excluding carboxylic acids is 1. The summed E-state index contributed by atoms with van der Waals surface area (Å²) in [5.74, 6) is -0.0256. The lowest BCUT2D eigenvalue weighted by atomic mass is 10.0. The quantitative estimate of drug-likeness (QED) is 0.326. The highest BCUT2D eigenvalue weighted by Crippen LogP contribution is 2.12. The van der Waals surface area contributed by atoms with Crippen molar-refractivity contribution in [1.82, 2.24) is 5.32 Å². The zero-order valence-corrected chi connectivity index (χ0v) is 16.2. The molecule has 24 heavy (non-hydrogen) atoms. The van der Waals surface area contributed by atoms with E-state index in [4.69, 9.17) is 11.5 Å². The van der Waals surface area contributed by atoms with Gasteiger partial charge in [-0.2, -0.15) is 0 Å². The van der Waals surface area contributed by atoms with Crippen LogP contribution in [0.15, 0.2) is 0 Å². The van der Waals surface area contributed by atoms with Crippen LogP contribution in [-0.4, -0.2) is 25.0 Å². The summed E-state index contributed by atoms with van der Waals surface area (Å²) < 4.78 is 0. The molecule has 4 nitrogen and oxygen atoms in total. The molecule has 0 saturated heterocycles. The van der Waals surface area contributed by atoms with Crippen LogP contribution in [0, 0.1) is 0 Å². The minimum atomic E-state index is -0.393. The van der Waals surface area contributed by atoms with E-state index in [1.807, 2.05) is 0 Å². The van der Waals surface area contributed by atoms with Gasteiger partial charge in [-0.3, -0.25) is 4.79 Å². The van der Waals surface area contributed by atoms with Gasteiger partial charge in [0, 0.05) is 6.54 Å². The van der Waals surface area contributed by atoms with Crippen LogP contribution >= 0.6 is 0 Å². The molecule has 0 aliphatic rings. The van der Waals surface area contributed by atoms with E-state index in [0.29, 0.717) is 13.0 Å². The number of nitrogens with two attached hydrogens (primary N) is 2. The number of rotatable bonds is 18. The number of hydrogen-bond donors (Lipinski definition) is 3. The molecule has 0 rings (SSSR count). The Morgan fingerprint density at radius 2 is 1.25 bits per heavy atom. The van der Waals surface area contributed by atoms with Gasteiger partial charge in [-0.05, 0) is 25.8 Å². The zero-order chi connectivity index (χ0) is 17.9. The Labute approximate surface area is 150 Å². The maximum absolute atomic E-state index is 11.7. The first kappa shape index (κ1) is 23.4. The first-order chi connectivity index (χ1) is 11.7. The van der Waals surface area contributed by atoms with Gasteiger partial charge in [0.1, 0.15) is 0 Å². The third-order valence-corrected chi connectivity index (χ3v) is 4.64. The third-order valence-electron chi connectivity index (χ3n) is 4.64. The highest BCUT2D eigenvalue weighted by atomic mass is 16.2. The zero-order valence-electron chi connectivity index (χ0n) is 16.2. The average Bonchev–Trinajstić information content (AvgIpc) is 2.59. The predicted octanol–water partition coefficient (Wildman–Crippen LogP) is 4.26. The summed E-state index contributed by atoms with van der Waals surface area (Å²) in [7, 11) is 0. The van der Waals surface area contributed by atoms with Crippen LogP contribution < -0.4 is 16.8 Å². The number of nitrogens with one attached hydrogen (secondary N) is 1. The molecule has 144 valence electrons. The van der Waals surface area contributed by atoms with Crippen molar-refractivity contribution in [3.63, 3.8) is 0 Å². The lowest BCUT2D eigenvalue weighted by Gasteiger charge is -2.11. The molecule has 1 amide bonds. The first-order valence-electron chi connectivity index (χ1n) is 10.5. The molecule has 0 aromatic rings. The fourth-order valence-corrected chi connectivity index (χ4v) is 2.95. The Morgan fingerprint density at radius 1 is 0.792 bits per heavy atom. The monoisotopic (exact) mass is 341 g/mol. The molecular formula is C20H43N3O. The number of hydrogen-bond acceptors (Lipinski definition) is 3. The maximum Gasteiger partial charge on any atom is 0.236 e. The second-order valence-electron chi connectivity index (χ2n) is 7.07. The largest absolute Gasteiger partial charge is 0.355 e. The van der Waals surface area contributed by atoms with Gasteiger partial charge in [0.2, 0.25) is 5.91 Å². The van der Waals surface area contributed by atoms with Crippen molar-refractivity contribution >= 4 is 5.91 Å². The molecule has 0 saturated carbocycles. The second kappa shape index (κ2) is 18.7. The van der Waals surface area contributed by atoms with Crippen LogP contribution in [0.3, 0.4) is 0 Å². The van der Waals surface area contributed by atoms with Crippen molar-refractivity contribution in [3.05, 3.63) is 0 Å². The molecule has 0 radical (unpaired) electrons. The van der Waals surface area contributed by atoms with Gasteiger partial charge < -0.3 is 16.8 Å². The molecule has 0 bridgehead atoms. The molecule has 1 atom stereocenters. The first-order valence-corrected chi connectivity index (χ1v) is 10.5. The Hall–Kier alpha value is -0.610. The normalized spacial score (nSPS) is 12.3. The van der Waals surface area contributed by atoms with E-state index < -0.39 is 6.04 Å². The predicted molar refractivity (Wildman–Crippen MR) is 105 cm³/mol. The number of amides is 1. The molecule has 0 heterocycles. The number of unbranched alkanes of at least 4 members (excludes halogenated alkanes) is 12. The van der Waals surface area contributed by atoms with Crippen molar-refractivity contribution < 1.29 is 4.79 Å². The molecule has 0 aromatic heterocycles. The minimum Gasteiger partial charge on any atom is -0.355 e. The molecule has 0 aromatic carbocycles. The van der Waals surface area contributed by atoms with E-state index >= 15 is 0 Å². The van der Waals surface area contributed by atoms with E-state index in [1.165, 1.54) is 77.0 Å². The maximum atomic E-state index is 11.7. The Morgan fingerprint density at radius 3 is 1.71 bits per heavy atom. The van der Waals surface area contributed by atoms with Gasteiger partial charge in [0.25, 0.3) is 0 Å². The van der Waals surface area contributed by atoms with Gasteiger partial charge in [0.05, 0.1) is 6.04 Å². The molecule has 0 aliphatic carbocycles. The topological polar surface area (TPSA) is 81.1 Å². The highest BCUT2D eigenvalue weighted by molar-refractivity contribution is 5.81. The van der Waals surface area contributed by atoms with Crippen LogP contribution in [0.25, 0.3) is 0 Å². The van der Waals surface area contributed by atoms with Gasteiger partial charge in [0.15, 0.2) is 0 Å². The van der Waals surface area contributed by atoms with E-state index in [2.05, 4.69) is 12.2 Å². The summed E-state index contributed by atoms with van der Waals surface area (Å²) in [6.07, 6.45) is 19.0. The Balaban J connectivity index is 3.18. The smallest absolute Gasteiger partial charge is 0.236 e. The molecule has 0 spiro atoms. The van der Waals surface area contributed by atoms with Crippen LogP contribution in [0.5, 0.6) is 0 Å². The lowest BCUT2D eigenvalue weighted by molar-refractivity contribution is -0.122. The summed E-state index contributed by atoms with van der Waals surface area (Å²) >= 11 is 0. The minimum absolute atomic E-state index is 0.0256. The van der Waals surface area contributed by atoms with Crippen molar-refractivity contribution in [2.45, 2.75) is 109 Å². The van der Waals surface area contributed by atoms with Gasteiger partial charge >= 0.3 is 0 Å². The van der Waals surface area contributed by atoms with Gasteiger partial charge in [-0.15, -0.1) is 0 Å². The lowest BCUT2D eigenvalue weighted by Crippen LogP contribution is -2.41. The molecule has 5 N–H and O–H groups in total. The average molecular weight is 342 g/mol. The van der Waals surface area contributed by atoms with E-state index in [-0.39, 0.29) is 5.91 Å². The van der Waals surface area contributed by atoms with Crippen molar-refractivity contribution in [1.29, 1.82) is 0 Å². The van der Waals surface area contributed by atoms with Gasteiger partial charge in [-0.25, -0.2) is 0 Å². The molecule has 4 heteroatoms. The van der Waals surface area contributed by atoms with E-state index in [0.717, 1.165) is 19.4 Å². The highest BCUT2D eigenvalue weighted by Gasteiger charge is 2.11. The SMILES string of the molecule is CCCCCCCCCCCCCCCNC(=O)C(N)CCCN. The standard InChI is InChI=1S/C20H43N3O/c1-2-3-4-5-6-7-8-9-10-11-12-13-14-18-23-20(24)19(22)16-15-17-21/h19H,2-18,21-22H2,1H3,(H,23,24). The van der Waals surface area contributed by atoms with Gasteiger partial charge in [-0.1, -0.05) is 84.0 Å². The fourth-order valence-electron chi connectivity index (χ4n) is 2.95. The molecule has 0 aliphatic heterocycles. The summed E-state index contributed by atoms with van der Waals surface area (Å²) in [6.45, 7) is 3.62. The molecular weight excluding hydrogens is 298 g/mol. The van der Waals surface area contributed by atoms with Crippen molar-refractivity contribution in [2.24, 2.45) is 11.5 Å².